The van der Waals surface area contributed by atoms with Crippen molar-refractivity contribution in [3.05, 3.63) is 23.5 Å². The maximum atomic E-state index is 11.1. The molecule has 1 aliphatic heterocycles. The number of esters is 1. The number of ketones is 1. The number of carbonyl (C=O) groups excluding carboxylic acids is 2. The molecule has 0 saturated carbocycles. The monoisotopic (exact) mass is 150 g/mol. The highest BCUT2D eigenvalue weighted by Crippen LogP contribution is 2.26. The molecule has 2 aliphatic rings. The number of carbonyl (C=O) groups is 2. The van der Waals surface area contributed by atoms with E-state index in [0.29, 0.717) is 17.8 Å². The average molecular weight is 150 g/mol. The Kier molecular flexibility index (Phi) is 1.18. The van der Waals surface area contributed by atoms with E-state index < -0.39 is 5.97 Å². The molecule has 0 atom stereocenters. The van der Waals surface area contributed by atoms with Crippen molar-refractivity contribution >= 4 is 11.8 Å². The molecule has 0 unspecified atom stereocenters. The summed E-state index contributed by atoms with van der Waals surface area (Å²) >= 11 is 0. The molecule has 0 aromatic heterocycles. The fourth-order valence-corrected chi connectivity index (χ4v) is 1.23. The summed E-state index contributed by atoms with van der Waals surface area (Å²) < 4.78 is 4.81. The summed E-state index contributed by atoms with van der Waals surface area (Å²) in [6, 6.07) is 0. The van der Waals surface area contributed by atoms with Gasteiger partial charge in [-0.25, -0.2) is 0 Å². The minimum absolute atomic E-state index is 0.0961. The maximum absolute atomic E-state index is 11.1. The summed E-state index contributed by atoms with van der Waals surface area (Å²) in [5.74, 6) is -0.0900. The fourth-order valence-electron chi connectivity index (χ4n) is 1.23. The van der Waals surface area contributed by atoms with Gasteiger partial charge in [-0.1, -0.05) is 6.08 Å². The van der Waals surface area contributed by atoms with Gasteiger partial charge in [0.05, 0.1) is 0 Å². The van der Waals surface area contributed by atoms with Crippen LogP contribution in [0.15, 0.2) is 23.5 Å². The van der Waals surface area contributed by atoms with E-state index >= 15 is 0 Å². The molecule has 3 heteroatoms. The Balaban J connectivity index is 2.40. The van der Waals surface area contributed by atoms with Gasteiger partial charge in [-0.3, -0.25) is 9.59 Å². The van der Waals surface area contributed by atoms with Crippen LogP contribution >= 0.6 is 0 Å². The molecule has 0 saturated heterocycles. The number of allylic oxidation sites excluding steroid dienone is 3. The molecule has 2 rings (SSSR count). The van der Waals surface area contributed by atoms with Crippen LogP contribution in [0, 0.1) is 0 Å². The van der Waals surface area contributed by atoms with Crippen molar-refractivity contribution in [3.8, 4) is 0 Å². The molecule has 0 aromatic carbocycles. The second-order valence-electron chi connectivity index (χ2n) is 2.52. The summed E-state index contributed by atoms with van der Waals surface area (Å²) in [5, 5.41) is 0. The van der Waals surface area contributed by atoms with Crippen molar-refractivity contribution < 1.29 is 14.3 Å². The first-order valence-electron chi connectivity index (χ1n) is 3.41. The number of rotatable bonds is 0. The first kappa shape index (κ1) is 6.34. The van der Waals surface area contributed by atoms with Crippen LogP contribution in [-0.2, 0) is 14.3 Å². The number of Topliss-reactive ketones (excluding diaryl/α,β-unsaturated/α-hetero) is 1. The Bertz CT molecular complexity index is 296. The highest BCUT2D eigenvalue weighted by molar-refractivity contribution is 6.09. The van der Waals surface area contributed by atoms with Gasteiger partial charge in [0.1, 0.15) is 12.2 Å². The maximum Gasteiger partial charge on any atom is 0.319 e. The van der Waals surface area contributed by atoms with Crippen LogP contribution in [0.2, 0.25) is 0 Å². The van der Waals surface area contributed by atoms with Crippen molar-refractivity contribution in [2.75, 3.05) is 0 Å². The van der Waals surface area contributed by atoms with E-state index in [-0.39, 0.29) is 12.2 Å². The molecular formula is C8H6O3. The predicted octanol–water partition coefficient (Wildman–Crippen LogP) is 0.716. The molecule has 0 radical (unpaired) electrons. The molecule has 56 valence electrons. The van der Waals surface area contributed by atoms with Crippen LogP contribution in [0.3, 0.4) is 0 Å². The summed E-state index contributed by atoms with van der Waals surface area (Å²) in [7, 11) is 0. The summed E-state index contributed by atoms with van der Waals surface area (Å²) in [6.45, 7) is 0. The van der Waals surface area contributed by atoms with Crippen molar-refractivity contribution in [3.63, 3.8) is 0 Å². The zero-order chi connectivity index (χ0) is 7.84. The third kappa shape index (κ3) is 0.888. The largest absolute Gasteiger partial charge is 0.426 e. The summed E-state index contributed by atoms with van der Waals surface area (Å²) in [6.07, 6.45) is 4.01. The molecule has 0 amide bonds. The van der Waals surface area contributed by atoms with Gasteiger partial charge in [0.2, 0.25) is 0 Å². The second-order valence-corrected chi connectivity index (χ2v) is 2.52. The van der Waals surface area contributed by atoms with Gasteiger partial charge in [0, 0.05) is 5.57 Å². The van der Waals surface area contributed by atoms with E-state index in [1.165, 1.54) is 0 Å². The Labute approximate surface area is 63.3 Å². The van der Waals surface area contributed by atoms with Crippen LogP contribution in [0.5, 0.6) is 0 Å². The number of hydrogen-bond donors (Lipinski definition) is 0. The minimum atomic E-state index is -0.444. The van der Waals surface area contributed by atoms with E-state index in [1.54, 1.807) is 6.08 Å². The normalized spacial score (nSPS) is 22.2. The van der Waals surface area contributed by atoms with Crippen LogP contribution in [0.1, 0.15) is 12.8 Å². The van der Waals surface area contributed by atoms with Gasteiger partial charge in [-0.05, 0) is 12.5 Å². The molecule has 11 heavy (non-hydrogen) atoms. The van der Waals surface area contributed by atoms with Gasteiger partial charge >= 0.3 is 5.97 Å². The van der Waals surface area contributed by atoms with Crippen molar-refractivity contribution in [1.82, 2.24) is 0 Å². The Morgan fingerprint density at radius 1 is 1.36 bits per heavy atom. The highest BCUT2D eigenvalue weighted by atomic mass is 16.5. The number of ether oxygens (including phenoxy) is 1. The molecular weight excluding hydrogens is 144 g/mol. The first-order chi connectivity index (χ1) is 5.27. The van der Waals surface area contributed by atoms with Gasteiger partial charge < -0.3 is 4.74 Å². The first-order valence-corrected chi connectivity index (χ1v) is 3.41. The van der Waals surface area contributed by atoms with E-state index in [1.807, 2.05) is 6.08 Å². The zero-order valence-electron chi connectivity index (χ0n) is 5.79. The van der Waals surface area contributed by atoms with Crippen molar-refractivity contribution in [1.29, 1.82) is 0 Å². The SMILES string of the molecule is O=C1CC(=O)C2=C(C=CC2)O1. The quantitative estimate of drug-likeness (QED) is 0.377. The van der Waals surface area contributed by atoms with Crippen molar-refractivity contribution in [2.45, 2.75) is 12.8 Å². The standard InChI is InChI=1S/C8H6O3/c9-6-4-8(10)11-7-3-1-2-5(6)7/h1,3H,2,4H2. The Hall–Kier alpha value is -1.38. The minimum Gasteiger partial charge on any atom is -0.426 e. The lowest BCUT2D eigenvalue weighted by atomic mass is 10.1. The Morgan fingerprint density at radius 3 is 3.00 bits per heavy atom. The number of hydrogen-bond acceptors (Lipinski definition) is 3. The van der Waals surface area contributed by atoms with Gasteiger partial charge in [0.25, 0.3) is 0 Å². The van der Waals surface area contributed by atoms with Gasteiger partial charge in [-0.15, -0.1) is 0 Å². The molecule has 1 heterocycles. The highest BCUT2D eigenvalue weighted by Gasteiger charge is 2.27. The van der Waals surface area contributed by atoms with Gasteiger partial charge in [0.15, 0.2) is 5.78 Å². The lowest BCUT2D eigenvalue weighted by Gasteiger charge is -2.11. The molecule has 3 nitrogen and oxygen atoms in total. The Morgan fingerprint density at radius 2 is 2.18 bits per heavy atom. The lowest BCUT2D eigenvalue weighted by molar-refractivity contribution is -0.143. The predicted molar refractivity (Wildman–Crippen MR) is 36.5 cm³/mol. The van der Waals surface area contributed by atoms with Crippen LogP contribution in [0.4, 0.5) is 0 Å². The topological polar surface area (TPSA) is 43.4 Å². The fraction of sp³-hybridized carbons (Fsp3) is 0.250. The van der Waals surface area contributed by atoms with Gasteiger partial charge in [-0.2, -0.15) is 0 Å². The zero-order valence-corrected chi connectivity index (χ0v) is 5.79. The third-order valence-electron chi connectivity index (χ3n) is 1.75. The summed E-state index contributed by atoms with van der Waals surface area (Å²) in [5.41, 5.74) is 0.643. The smallest absolute Gasteiger partial charge is 0.319 e. The molecule has 0 fully saturated rings. The van der Waals surface area contributed by atoms with Crippen LogP contribution in [0.25, 0.3) is 0 Å². The molecule has 1 aliphatic carbocycles. The lowest BCUT2D eigenvalue weighted by Crippen LogP contribution is -2.18. The average Bonchev–Trinajstić information content (AvgIpc) is 2.34. The second kappa shape index (κ2) is 2.05. The molecule has 0 bridgehead atoms. The van der Waals surface area contributed by atoms with Crippen LogP contribution < -0.4 is 0 Å². The van der Waals surface area contributed by atoms with Crippen LogP contribution in [-0.4, -0.2) is 11.8 Å². The summed E-state index contributed by atoms with van der Waals surface area (Å²) in [4.78, 5) is 21.8. The van der Waals surface area contributed by atoms with E-state index in [4.69, 9.17) is 4.74 Å². The van der Waals surface area contributed by atoms with Crippen molar-refractivity contribution in [2.24, 2.45) is 0 Å². The van der Waals surface area contributed by atoms with E-state index in [9.17, 15) is 9.59 Å². The van der Waals surface area contributed by atoms with E-state index in [2.05, 4.69) is 0 Å². The third-order valence-corrected chi connectivity index (χ3v) is 1.75. The molecule has 0 N–H and O–H groups in total. The van der Waals surface area contributed by atoms with E-state index in [0.717, 1.165) is 0 Å². The molecule has 0 spiro atoms. The molecule has 0 aromatic rings.